The van der Waals surface area contributed by atoms with Crippen molar-refractivity contribution < 1.29 is 4.74 Å². The van der Waals surface area contributed by atoms with Crippen molar-refractivity contribution in [3.63, 3.8) is 0 Å². The number of rotatable bonds is 11. The molecule has 8 heteroatoms. The van der Waals surface area contributed by atoms with Gasteiger partial charge in [0.25, 0.3) is 0 Å². The molecule has 0 aliphatic carbocycles. The van der Waals surface area contributed by atoms with Crippen LogP contribution in [0.15, 0.2) is 29.3 Å². The molecule has 2 heterocycles. The Bertz CT molecular complexity index is 689. The number of piperazine rings is 1. The number of nitrogens with one attached hydrogen (secondary N) is 2. The Morgan fingerprint density at radius 1 is 1.06 bits per heavy atom. The van der Waals surface area contributed by atoms with Gasteiger partial charge in [-0.3, -0.25) is 9.89 Å². The minimum atomic E-state index is 0. The molecule has 0 spiro atoms. The maximum Gasteiger partial charge on any atom is 0.191 e. The normalized spacial score (nSPS) is 19.2. The molecule has 0 radical (unpaired) electrons. The number of hydrogen-bond donors (Lipinski definition) is 2. The molecule has 7 nitrogen and oxygen atoms in total. The lowest BCUT2D eigenvalue weighted by Gasteiger charge is -2.32. The molecule has 1 aromatic rings. The van der Waals surface area contributed by atoms with Crippen LogP contribution in [-0.4, -0.2) is 100 Å². The highest BCUT2D eigenvalue weighted by Crippen LogP contribution is 2.27. The average Bonchev–Trinajstić information content (AvgIpc) is 3.35. The van der Waals surface area contributed by atoms with E-state index in [0.717, 1.165) is 44.4 Å². The van der Waals surface area contributed by atoms with Crippen LogP contribution in [0.3, 0.4) is 0 Å². The van der Waals surface area contributed by atoms with Crippen LogP contribution in [0.1, 0.15) is 44.2 Å². The molecular weight excluding hydrogens is 527 g/mol. The van der Waals surface area contributed by atoms with Crippen molar-refractivity contribution in [3.8, 4) is 5.75 Å². The number of benzene rings is 1. The molecular formula is C25H45IN6O. The Morgan fingerprint density at radius 3 is 2.52 bits per heavy atom. The van der Waals surface area contributed by atoms with E-state index in [1.165, 1.54) is 64.0 Å². The van der Waals surface area contributed by atoms with Gasteiger partial charge in [0.05, 0.1) is 19.7 Å². The van der Waals surface area contributed by atoms with Gasteiger partial charge in [0.2, 0.25) is 0 Å². The zero-order valence-electron chi connectivity index (χ0n) is 20.9. The van der Waals surface area contributed by atoms with Gasteiger partial charge < -0.3 is 25.2 Å². The molecule has 2 fully saturated rings. The molecule has 1 atom stereocenters. The van der Waals surface area contributed by atoms with Crippen molar-refractivity contribution in [1.82, 2.24) is 25.3 Å². The second kappa shape index (κ2) is 15.7. The quantitative estimate of drug-likeness (QED) is 0.184. The Kier molecular flexibility index (Phi) is 13.4. The molecule has 0 bridgehead atoms. The molecule has 0 amide bonds. The van der Waals surface area contributed by atoms with E-state index in [-0.39, 0.29) is 24.0 Å². The molecule has 0 saturated carbocycles. The Labute approximate surface area is 218 Å². The summed E-state index contributed by atoms with van der Waals surface area (Å²) in [5, 5.41) is 6.98. The van der Waals surface area contributed by atoms with E-state index in [4.69, 9.17) is 9.73 Å². The van der Waals surface area contributed by atoms with E-state index < -0.39 is 0 Å². The predicted molar refractivity (Wildman–Crippen MR) is 149 cm³/mol. The second-order valence-corrected chi connectivity index (χ2v) is 9.03. The number of guanidine groups is 1. The van der Waals surface area contributed by atoms with Crippen LogP contribution in [-0.2, 0) is 0 Å². The topological polar surface area (TPSA) is 55.4 Å². The van der Waals surface area contributed by atoms with Crippen LogP contribution in [0.25, 0.3) is 0 Å². The van der Waals surface area contributed by atoms with Gasteiger partial charge in [0, 0.05) is 39.3 Å². The van der Waals surface area contributed by atoms with Gasteiger partial charge in [-0.15, -0.1) is 24.0 Å². The van der Waals surface area contributed by atoms with Gasteiger partial charge in [0.1, 0.15) is 5.75 Å². The number of likely N-dealkylation sites (N-methyl/N-ethyl adjacent to an activating group) is 1. The zero-order valence-corrected chi connectivity index (χ0v) is 23.2. The molecule has 33 heavy (non-hydrogen) atoms. The van der Waals surface area contributed by atoms with Gasteiger partial charge in [0.15, 0.2) is 5.96 Å². The van der Waals surface area contributed by atoms with Crippen molar-refractivity contribution in [2.75, 3.05) is 79.6 Å². The average molecular weight is 573 g/mol. The third kappa shape index (κ3) is 9.58. The Morgan fingerprint density at radius 2 is 1.82 bits per heavy atom. The minimum Gasteiger partial charge on any atom is -0.497 e. The predicted octanol–water partition coefficient (Wildman–Crippen LogP) is 3.03. The molecule has 3 rings (SSSR count). The van der Waals surface area contributed by atoms with Crippen LogP contribution in [0.2, 0.25) is 0 Å². The van der Waals surface area contributed by atoms with Crippen molar-refractivity contribution >= 4 is 29.9 Å². The highest BCUT2D eigenvalue weighted by Gasteiger charge is 2.23. The lowest BCUT2D eigenvalue weighted by Crippen LogP contribution is -2.44. The van der Waals surface area contributed by atoms with Crippen molar-refractivity contribution in [2.45, 2.75) is 38.6 Å². The summed E-state index contributed by atoms with van der Waals surface area (Å²) >= 11 is 0. The van der Waals surface area contributed by atoms with E-state index in [2.05, 4.69) is 57.5 Å². The van der Waals surface area contributed by atoms with Gasteiger partial charge in [-0.25, -0.2) is 0 Å². The van der Waals surface area contributed by atoms with E-state index >= 15 is 0 Å². The number of nitrogens with zero attached hydrogens (tertiary/aromatic N) is 4. The summed E-state index contributed by atoms with van der Waals surface area (Å²) in [6.45, 7) is 13.0. The van der Waals surface area contributed by atoms with E-state index in [0.29, 0.717) is 6.04 Å². The molecule has 1 unspecified atom stereocenters. The lowest BCUT2D eigenvalue weighted by atomic mass is 10.1. The van der Waals surface area contributed by atoms with Crippen LogP contribution in [0, 0.1) is 0 Å². The summed E-state index contributed by atoms with van der Waals surface area (Å²) in [4.78, 5) is 12.6. The van der Waals surface area contributed by atoms with Crippen molar-refractivity contribution in [2.24, 2.45) is 4.99 Å². The number of hydrogen-bond acceptors (Lipinski definition) is 5. The fourth-order valence-corrected chi connectivity index (χ4v) is 4.59. The highest BCUT2D eigenvalue weighted by atomic mass is 127. The van der Waals surface area contributed by atoms with Gasteiger partial charge in [-0.05, 0) is 77.0 Å². The molecule has 2 aliphatic rings. The van der Waals surface area contributed by atoms with Crippen LogP contribution >= 0.6 is 24.0 Å². The monoisotopic (exact) mass is 572 g/mol. The first-order valence-electron chi connectivity index (χ1n) is 12.5. The zero-order chi connectivity index (χ0) is 22.6. The number of ether oxygens (including phenoxy) is 1. The molecule has 2 saturated heterocycles. The number of aliphatic imine (C=N–C) groups is 1. The summed E-state index contributed by atoms with van der Waals surface area (Å²) in [5.41, 5.74) is 1.29. The summed E-state index contributed by atoms with van der Waals surface area (Å²) in [6, 6.07) is 8.77. The van der Waals surface area contributed by atoms with Gasteiger partial charge >= 0.3 is 0 Å². The van der Waals surface area contributed by atoms with E-state index in [1.807, 2.05) is 6.07 Å². The first-order chi connectivity index (χ1) is 15.7. The summed E-state index contributed by atoms with van der Waals surface area (Å²) in [6.07, 6.45) is 4.95. The van der Waals surface area contributed by atoms with Gasteiger partial charge in [-0.2, -0.15) is 0 Å². The SMILES string of the molecule is CCNC(=NCC(c1cccc(OC)c1)N1CCCC1)NCCCCN1CCN(C)CC1.I. The lowest BCUT2D eigenvalue weighted by molar-refractivity contribution is 0.152. The first kappa shape index (κ1) is 28.1. The van der Waals surface area contributed by atoms with E-state index in [1.54, 1.807) is 7.11 Å². The van der Waals surface area contributed by atoms with Crippen molar-refractivity contribution in [1.29, 1.82) is 0 Å². The number of halogens is 1. The minimum absolute atomic E-state index is 0. The molecule has 188 valence electrons. The summed E-state index contributed by atoms with van der Waals surface area (Å²) in [7, 11) is 3.95. The summed E-state index contributed by atoms with van der Waals surface area (Å²) < 4.78 is 5.47. The van der Waals surface area contributed by atoms with Crippen molar-refractivity contribution in [3.05, 3.63) is 29.8 Å². The standard InChI is InChI=1S/C25H44N6O.HI/c1-4-26-25(27-12-5-6-13-30-18-16-29(2)17-19-30)28-21-24(31-14-7-8-15-31)22-10-9-11-23(20-22)32-3;/h9-11,20,24H,4-8,12-19,21H2,1-3H3,(H2,26,27,28);1H. The number of methoxy groups -OCH3 is 1. The Balaban J connectivity index is 0.00000385. The fraction of sp³-hybridized carbons (Fsp3) is 0.720. The van der Waals surface area contributed by atoms with Gasteiger partial charge in [-0.1, -0.05) is 12.1 Å². The fourth-order valence-electron chi connectivity index (χ4n) is 4.59. The molecule has 2 aliphatic heterocycles. The molecule has 0 aromatic heterocycles. The Hall–Kier alpha value is -1.10. The largest absolute Gasteiger partial charge is 0.497 e. The molecule has 1 aromatic carbocycles. The van der Waals surface area contributed by atoms with Crippen LogP contribution < -0.4 is 15.4 Å². The highest BCUT2D eigenvalue weighted by molar-refractivity contribution is 14.0. The number of unbranched alkanes of at least 4 members (excludes halogenated alkanes) is 1. The maximum atomic E-state index is 5.47. The summed E-state index contributed by atoms with van der Waals surface area (Å²) in [5.74, 6) is 1.85. The van der Waals surface area contributed by atoms with E-state index in [9.17, 15) is 0 Å². The maximum absolute atomic E-state index is 5.47. The second-order valence-electron chi connectivity index (χ2n) is 9.03. The van der Waals surface area contributed by atoms with Crippen LogP contribution in [0.4, 0.5) is 0 Å². The van der Waals surface area contributed by atoms with Crippen LogP contribution in [0.5, 0.6) is 5.75 Å². The smallest absolute Gasteiger partial charge is 0.191 e. The third-order valence-corrected chi connectivity index (χ3v) is 6.62. The number of likely N-dealkylation sites (tertiary alicyclic amines) is 1. The molecule has 2 N–H and O–H groups in total. The third-order valence-electron chi connectivity index (χ3n) is 6.62. The first-order valence-corrected chi connectivity index (χ1v) is 12.5.